The summed E-state index contributed by atoms with van der Waals surface area (Å²) in [6.45, 7) is 4.51. The Labute approximate surface area is 215 Å². The topological polar surface area (TPSA) is 0 Å². The predicted octanol–water partition coefficient (Wildman–Crippen LogP) is 10.8. The van der Waals surface area contributed by atoms with Crippen LogP contribution in [0.25, 0.3) is 64.0 Å². The Morgan fingerprint density at radius 1 is 0.472 bits per heavy atom. The predicted molar refractivity (Wildman–Crippen MR) is 159 cm³/mol. The summed E-state index contributed by atoms with van der Waals surface area (Å²) >= 11 is 1.89. The zero-order valence-electron chi connectivity index (χ0n) is 20.5. The van der Waals surface area contributed by atoms with Gasteiger partial charge in [0.05, 0.1) is 0 Å². The number of hydrogen-bond donors (Lipinski definition) is 0. The quantitative estimate of drug-likeness (QED) is 0.222. The number of fused-ring (bicyclic) bond motifs is 6. The van der Waals surface area contributed by atoms with Gasteiger partial charge in [0.1, 0.15) is 0 Å². The second-order valence-electron chi connectivity index (χ2n) is 10.0. The van der Waals surface area contributed by atoms with Crippen LogP contribution in [0.15, 0.2) is 115 Å². The van der Waals surface area contributed by atoms with E-state index in [9.17, 15) is 0 Å². The Hall–Kier alpha value is -3.94. The summed E-state index contributed by atoms with van der Waals surface area (Å²) in [6.07, 6.45) is 0. The first-order valence-corrected chi connectivity index (χ1v) is 13.4. The van der Waals surface area contributed by atoms with E-state index in [0.717, 1.165) is 0 Å². The van der Waals surface area contributed by atoms with E-state index >= 15 is 0 Å². The zero-order valence-corrected chi connectivity index (χ0v) is 21.3. The van der Waals surface area contributed by atoms with Crippen molar-refractivity contribution < 1.29 is 0 Å². The van der Waals surface area contributed by atoms with Crippen LogP contribution < -0.4 is 0 Å². The fraction of sp³-hybridized carbons (Fsp3) is 0.0857. The zero-order chi connectivity index (χ0) is 24.2. The largest absolute Gasteiger partial charge is 0.135 e. The van der Waals surface area contributed by atoms with Gasteiger partial charge in [-0.25, -0.2) is 0 Å². The van der Waals surface area contributed by atoms with Gasteiger partial charge in [0.25, 0.3) is 0 Å². The highest BCUT2D eigenvalue weighted by Gasteiger charge is 2.10. The molecule has 1 heterocycles. The van der Waals surface area contributed by atoms with Crippen LogP contribution in [-0.4, -0.2) is 0 Å². The van der Waals surface area contributed by atoms with Crippen molar-refractivity contribution in [2.24, 2.45) is 0 Å². The Morgan fingerprint density at radius 3 is 2.03 bits per heavy atom. The van der Waals surface area contributed by atoms with Gasteiger partial charge in [0.15, 0.2) is 0 Å². The van der Waals surface area contributed by atoms with Crippen LogP contribution >= 0.6 is 11.3 Å². The lowest BCUT2D eigenvalue weighted by Crippen LogP contribution is -1.87. The maximum absolute atomic E-state index is 2.34. The van der Waals surface area contributed by atoms with E-state index in [1.165, 1.54) is 69.5 Å². The first-order chi connectivity index (χ1) is 17.6. The fourth-order valence-corrected chi connectivity index (χ4v) is 6.58. The molecule has 0 fully saturated rings. The molecule has 0 unspecified atom stereocenters. The average molecular weight is 479 g/mol. The van der Waals surface area contributed by atoms with Crippen molar-refractivity contribution in [3.63, 3.8) is 0 Å². The van der Waals surface area contributed by atoms with Crippen molar-refractivity contribution in [2.45, 2.75) is 19.8 Å². The molecule has 7 rings (SSSR count). The number of benzene rings is 6. The summed E-state index contributed by atoms with van der Waals surface area (Å²) in [5.74, 6) is 0.541. The van der Waals surface area contributed by atoms with E-state index in [4.69, 9.17) is 0 Å². The molecule has 0 aliphatic heterocycles. The average Bonchev–Trinajstić information content (AvgIpc) is 3.37. The second kappa shape index (κ2) is 8.33. The second-order valence-corrected chi connectivity index (χ2v) is 11.1. The van der Waals surface area contributed by atoms with Crippen molar-refractivity contribution in [1.82, 2.24) is 0 Å². The summed E-state index contributed by atoms with van der Waals surface area (Å²) in [5.41, 5.74) is 5.18. The number of hydrogen-bond acceptors (Lipinski definition) is 1. The molecule has 1 heteroatoms. The summed E-state index contributed by atoms with van der Waals surface area (Å²) in [4.78, 5) is 1.32. The number of rotatable bonds is 3. The van der Waals surface area contributed by atoms with Crippen LogP contribution in [0.1, 0.15) is 25.3 Å². The van der Waals surface area contributed by atoms with Crippen molar-refractivity contribution in [1.29, 1.82) is 0 Å². The van der Waals surface area contributed by atoms with Crippen LogP contribution in [-0.2, 0) is 0 Å². The van der Waals surface area contributed by atoms with E-state index in [1.807, 2.05) is 11.3 Å². The van der Waals surface area contributed by atoms with Crippen molar-refractivity contribution >= 4 is 53.7 Å². The third-order valence-corrected chi connectivity index (χ3v) is 8.65. The summed E-state index contributed by atoms with van der Waals surface area (Å²) in [7, 11) is 0. The normalized spacial score (nSPS) is 11.9. The van der Waals surface area contributed by atoms with Crippen LogP contribution in [0.2, 0.25) is 0 Å². The lowest BCUT2D eigenvalue weighted by molar-refractivity contribution is 0.869. The van der Waals surface area contributed by atoms with E-state index in [2.05, 4.69) is 129 Å². The van der Waals surface area contributed by atoms with Crippen molar-refractivity contribution in [2.75, 3.05) is 0 Å². The molecule has 1 aromatic heterocycles. The van der Waals surface area contributed by atoms with Crippen molar-refractivity contribution in [3.8, 4) is 21.6 Å². The molecule has 7 aromatic rings. The maximum Gasteiger partial charge on any atom is 0.0427 e. The Bertz CT molecular complexity index is 1920. The molecule has 0 aliphatic carbocycles. The molecule has 36 heavy (non-hydrogen) atoms. The molecule has 0 radical (unpaired) electrons. The molecular weight excluding hydrogens is 452 g/mol. The lowest BCUT2D eigenvalue weighted by Gasteiger charge is -2.11. The van der Waals surface area contributed by atoms with Gasteiger partial charge in [0.2, 0.25) is 0 Å². The molecule has 0 aliphatic rings. The van der Waals surface area contributed by atoms with E-state index < -0.39 is 0 Å². The molecule has 0 saturated heterocycles. The van der Waals surface area contributed by atoms with Gasteiger partial charge in [-0.1, -0.05) is 111 Å². The molecular formula is C35H26S. The van der Waals surface area contributed by atoms with Gasteiger partial charge in [-0.05, 0) is 84.1 Å². The molecule has 0 spiro atoms. The first kappa shape index (κ1) is 21.4. The highest BCUT2D eigenvalue weighted by molar-refractivity contribution is 7.23. The third kappa shape index (κ3) is 3.51. The molecule has 6 aromatic carbocycles. The minimum absolute atomic E-state index is 0.541. The van der Waals surface area contributed by atoms with Gasteiger partial charge in [-0.2, -0.15) is 0 Å². The highest BCUT2D eigenvalue weighted by atomic mass is 32.1. The van der Waals surface area contributed by atoms with E-state index in [1.54, 1.807) is 0 Å². The Kier molecular flexibility index (Phi) is 4.94. The smallest absolute Gasteiger partial charge is 0.0427 e. The van der Waals surface area contributed by atoms with Crippen LogP contribution in [0, 0.1) is 0 Å². The van der Waals surface area contributed by atoms with Gasteiger partial charge in [-0.15, -0.1) is 11.3 Å². The van der Waals surface area contributed by atoms with Crippen LogP contribution in [0.5, 0.6) is 0 Å². The lowest BCUT2D eigenvalue weighted by atomic mass is 9.94. The number of thiophene rings is 1. The molecule has 0 saturated carbocycles. The van der Waals surface area contributed by atoms with Gasteiger partial charge < -0.3 is 0 Å². The minimum Gasteiger partial charge on any atom is -0.135 e. The SMILES string of the molecule is CC(C)c1ccc2c(ccc3cc(-c4cccc(-c5cc6ccc7ccccc7c6s5)c4)ccc32)c1. The van der Waals surface area contributed by atoms with Gasteiger partial charge in [-0.3, -0.25) is 0 Å². The highest BCUT2D eigenvalue weighted by Crippen LogP contribution is 2.39. The van der Waals surface area contributed by atoms with Crippen LogP contribution in [0.3, 0.4) is 0 Å². The fourth-order valence-electron chi connectivity index (χ4n) is 5.39. The molecule has 0 nitrogen and oxygen atoms in total. The van der Waals surface area contributed by atoms with Crippen molar-refractivity contribution in [3.05, 3.63) is 121 Å². The minimum atomic E-state index is 0.541. The molecule has 0 bridgehead atoms. The summed E-state index contributed by atoms with van der Waals surface area (Å²) < 4.78 is 1.37. The van der Waals surface area contributed by atoms with E-state index in [0.29, 0.717) is 5.92 Å². The standard InChI is InChI=1S/C35H26S/c1-22(2)24-14-16-31-27(18-24)11-12-28-19-26(15-17-32(28)31)25-7-5-8-29(20-25)34-21-30-13-10-23-6-3-4-9-33(23)35(30)36-34/h3-22H,1-2H3. The van der Waals surface area contributed by atoms with Crippen LogP contribution in [0.4, 0.5) is 0 Å². The van der Waals surface area contributed by atoms with Gasteiger partial charge in [0, 0.05) is 9.58 Å². The monoisotopic (exact) mass is 478 g/mol. The van der Waals surface area contributed by atoms with E-state index in [-0.39, 0.29) is 0 Å². The maximum atomic E-state index is 2.34. The van der Waals surface area contributed by atoms with Gasteiger partial charge >= 0.3 is 0 Å². The Morgan fingerprint density at radius 2 is 1.17 bits per heavy atom. The Balaban J connectivity index is 1.31. The molecule has 0 amide bonds. The molecule has 0 N–H and O–H groups in total. The third-order valence-electron chi connectivity index (χ3n) is 7.42. The summed E-state index contributed by atoms with van der Waals surface area (Å²) in [5, 5.41) is 9.21. The summed E-state index contributed by atoms with van der Waals surface area (Å²) in [6, 6.07) is 42.8. The molecule has 172 valence electrons. The first-order valence-electron chi connectivity index (χ1n) is 12.6. The molecule has 0 atom stereocenters.